The summed E-state index contributed by atoms with van der Waals surface area (Å²) >= 11 is 0. The van der Waals surface area contributed by atoms with Crippen molar-refractivity contribution in [2.45, 2.75) is 31.6 Å². The maximum absolute atomic E-state index is 13.3. The number of amides is 1. The van der Waals surface area contributed by atoms with Gasteiger partial charge in [-0.05, 0) is 25.0 Å². The van der Waals surface area contributed by atoms with E-state index in [0.29, 0.717) is 17.9 Å². The number of aromatic nitrogens is 1. The highest BCUT2D eigenvalue weighted by Crippen LogP contribution is 2.30. The minimum atomic E-state index is -2.64. The van der Waals surface area contributed by atoms with Gasteiger partial charge in [-0.3, -0.25) is 4.79 Å². The maximum atomic E-state index is 13.3. The van der Waals surface area contributed by atoms with Crippen molar-refractivity contribution in [3.05, 3.63) is 23.9 Å². The van der Waals surface area contributed by atoms with Gasteiger partial charge >= 0.3 is 0 Å². The van der Waals surface area contributed by atoms with Gasteiger partial charge in [-0.25, -0.2) is 13.8 Å². The first-order valence-electron chi connectivity index (χ1n) is 8.26. The zero-order valence-electron chi connectivity index (χ0n) is 13.4. The Morgan fingerprint density at radius 2 is 2.08 bits per heavy atom. The molecule has 3 heterocycles. The second-order valence-electron chi connectivity index (χ2n) is 6.48. The van der Waals surface area contributed by atoms with E-state index >= 15 is 0 Å². The van der Waals surface area contributed by atoms with E-state index in [4.69, 9.17) is 5.26 Å². The molecule has 0 saturated carbocycles. The Bertz CT molecular complexity index is 648. The molecule has 1 aromatic rings. The fourth-order valence-corrected chi connectivity index (χ4v) is 3.36. The van der Waals surface area contributed by atoms with Gasteiger partial charge in [0.2, 0.25) is 5.91 Å². The summed E-state index contributed by atoms with van der Waals surface area (Å²) in [5.41, 5.74) is 0.534. The van der Waals surface area contributed by atoms with Crippen LogP contribution in [-0.2, 0) is 4.79 Å². The Balaban J connectivity index is 1.65. The Hall–Kier alpha value is -2.23. The molecule has 24 heavy (non-hydrogen) atoms. The van der Waals surface area contributed by atoms with Gasteiger partial charge in [0.1, 0.15) is 5.82 Å². The minimum absolute atomic E-state index is 0.0355. The average molecular weight is 334 g/mol. The number of nitriles is 1. The number of nitrogens with zero attached hydrogens (tertiary/aromatic N) is 4. The molecule has 128 valence electrons. The van der Waals surface area contributed by atoms with Crippen LogP contribution in [0.1, 0.15) is 31.2 Å². The zero-order valence-corrected chi connectivity index (χ0v) is 13.4. The molecule has 0 radical (unpaired) electrons. The van der Waals surface area contributed by atoms with Gasteiger partial charge in [0.05, 0.1) is 17.6 Å². The fraction of sp³-hybridized carbons (Fsp3) is 0.588. The predicted molar refractivity (Wildman–Crippen MR) is 84.7 cm³/mol. The summed E-state index contributed by atoms with van der Waals surface area (Å²) in [5.74, 6) is -2.18. The highest BCUT2D eigenvalue weighted by molar-refractivity contribution is 5.80. The second-order valence-corrected chi connectivity index (χ2v) is 6.48. The number of hydrogen-bond acceptors (Lipinski definition) is 4. The van der Waals surface area contributed by atoms with E-state index in [1.165, 1.54) is 0 Å². The molecular weight excluding hydrogens is 314 g/mol. The summed E-state index contributed by atoms with van der Waals surface area (Å²) in [5, 5.41) is 8.99. The summed E-state index contributed by atoms with van der Waals surface area (Å²) in [6, 6.07) is 5.45. The van der Waals surface area contributed by atoms with Crippen LogP contribution in [-0.4, -0.2) is 47.9 Å². The monoisotopic (exact) mass is 334 g/mol. The smallest absolute Gasteiger partial charge is 0.251 e. The first kappa shape index (κ1) is 16.6. The van der Waals surface area contributed by atoms with Crippen molar-refractivity contribution in [3.8, 4) is 6.07 Å². The van der Waals surface area contributed by atoms with Gasteiger partial charge < -0.3 is 9.80 Å². The third-order valence-electron chi connectivity index (χ3n) is 4.78. The first-order chi connectivity index (χ1) is 11.5. The largest absolute Gasteiger partial charge is 0.356 e. The van der Waals surface area contributed by atoms with Crippen molar-refractivity contribution >= 4 is 11.7 Å². The van der Waals surface area contributed by atoms with Gasteiger partial charge in [-0.15, -0.1) is 0 Å². The average Bonchev–Trinajstić information content (AvgIpc) is 2.61. The first-order valence-corrected chi connectivity index (χ1v) is 8.26. The quantitative estimate of drug-likeness (QED) is 0.833. The number of alkyl halides is 2. The number of carbonyl (C=O) groups is 1. The lowest BCUT2D eigenvalue weighted by atomic mass is 9.95. The van der Waals surface area contributed by atoms with Crippen LogP contribution in [0.4, 0.5) is 14.6 Å². The van der Waals surface area contributed by atoms with E-state index in [9.17, 15) is 13.6 Å². The molecule has 0 aromatic carbocycles. The molecule has 0 aliphatic carbocycles. The number of halogens is 2. The molecule has 1 atom stereocenters. The molecule has 2 saturated heterocycles. The Kier molecular flexibility index (Phi) is 4.65. The molecule has 1 unspecified atom stereocenters. The number of carbonyl (C=O) groups excluding carboxylic acids is 1. The second kappa shape index (κ2) is 6.71. The van der Waals surface area contributed by atoms with Gasteiger partial charge in [0, 0.05) is 45.2 Å². The van der Waals surface area contributed by atoms with E-state index in [1.807, 2.05) is 4.90 Å². The molecule has 2 aliphatic rings. The van der Waals surface area contributed by atoms with E-state index in [-0.39, 0.29) is 37.8 Å². The molecule has 0 N–H and O–H groups in total. The van der Waals surface area contributed by atoms with E-state index in [0.717, 1.165) is 19.4 Å². The van der Waals surface area contributed by atoms with Gasteiger partial charge in [0.15, 0.2) is 0 Å². The molecule has 7 heteroatoms. The molecule has 2 aliphatic heterocycles. The standard InChI is InChI=1S/C17H20F2N4O/c18-17(19)4-8-22(9-5-17)16(24)14-2-1-7-23(12-14)15-10-13(11-20)3-6-21-15/h3,6,10,14H,1-2,4-5,7-9,12H2. The van der Waals surface area contributed by atoms with Gasteiger partial charge in [-0.1, -0.05) is 0 Å². The summed E-state index contributed by atoms with van der Waals surface area (Å²) in [6.07, 6.45) is 2.70. The molecule has 1 amide bonds. The Morgan fingerprint density at radius 3 is 2.79 bits per heavy atom. The number of piperidine rings is 2. The molecule has 2 fully saturated rings. The SMILES string of the molecule is N#Cc1ccnc(N2CCCC(C(=O)N3CCC(F)(F)CC3)C2)c1. The lowest BCUT2D eigenvalue weighted by Crippen LogP contribution is -2.49. The van der Waals surface area contributed by atoms with Crippen LogP contribution in [0.25, 0.3) is 0 Å². The van der Waals surface area contributed by atoms with Crippen molar-refractivity contribution in [2.75, 3.05) is 31.1 Å². The topological polar surface area (TPSA) is 60.2 Å². The third kappa shape index (κ3) is 3.64. The van der Waals surface area contributed by atoms with Crippen molar-refractivity contribution in [1.29, 1.82) is 5.26 Å². The number of likely N-dealkylation sites (tertiary alicyclic amines) is 1. The van der Waals surface area contributed by atoms with Gasteiger partial charge in [0.25, 0.3) is 5.92 Å². The van der Waals surface area contributed by atoms with Crippen LogP contribution in [0.15, 0.2) is 18.3 Å². The van der Waals surface area contributed by atoms with Crippen molar-refractivity contribution in [3.63, 3.8) is 0 Å². The Morgan fingerprint density at radius 1 is 1.33 bits per heavy atom. The Labute approximate surface area is 139 Å². The lowest BCUT2D eigenvalue weighted by Gasteiger charge is -2.38. The van der Waals surface area contributed by atoms with Crippen LogP contribution in [0.2, 0.25) is 0 Å². The van der Waals surface area contributed by atoms with E-state index in [1.54, 1.807) is 23.2 Å². The lowest BCUT2D eigenvalue weighted by molar-refractivity contribution is -0.141. The third-order valence-corrected chi connectivity index (χ3v) is 4.78. The molecule has 1 aromatic heterocycles. The highest BCUT2D eigenvalue weighted by atomic mass is 19.3. The molecule has 3 rings (SSSR count). The summed E-state index contributed by atoms with van der Waals surface area (Å²) in [6.45, 7) is 1.56. The van der Waals surface area contributed by atoms with Crippen LogP contribution < -0.4 is 4.90 Å². The summed E-state index contributed by atoms with van der Waals surface area (Å²) in [7, 11) is 0. The highest BCUT2D eigenvalue weighted by Gasteiger charge is 2.38. The van der Waals surface area contributed by atoms with E-state index < -0.39 is 5.92 Å². The maximum Gasteiger partial charge on any atom is 0.251 e. The number of rotatable bonds is 2. The van der Waals surface area contributed by atoms with Crippen LogP contribution in [0.5, 0.6) is 0 Å². The van der Waals surface area contributed by atoms with Gasteiger partial charge in [-0.2, -0.15) is 5.26 Å². The zero-order chi connectivity index (χ0) is 17.2. The molecular formula is C17H20F2N4O. The van der Waals surface area contributed by atoms with Crippen LogP contribution in [0, 0.1) is 17.2 Å². The summed E-state index contributed by atoms with van der Waals surface area (Å²) < 4.78 is 26.5. The van der Waals surface area contributed by atoms with Crippen LogP contribution >= 0.6 is 0 Å². The van der Waals surface area contributed by atoms with Crippen molar-refractivity contribution < 1.29 is 13.6 Å². The van der Waals surface area contributed by atoms with Crippen molar-refractivity contribution in [1.82, 2.24) is 9.88 Å². The number of hydrogen-bond donors (Lipinski definition) is 0. The minimum Gasteiger partial charge on any atom is -0.356 e. The van der Waals surface area contributed by atoms with Crippen LogP contribution in [0.3, 0.4) is 0 Å². The molecule has 5 nitrogen and oxygen atoms in total. The van der Waals surface area contributed by atoms with Crippen molar-refractivity contribution in [2.24, 2.45) is 5.92 Å². The molecule has 0 bridgehead atoms. The van der Waals surface area contributed by atoms with E-state index in [2.05, 4.69) is 11.1 Å². The molecule has 0 spiro atoms. The predicted octanol–water partition coefficient (Wildman–Crippen LogP) is 2.43. The number of pyridine rings is 1. The summed E-state index contributed by atoms with van der Waals surface area (Å²) in [4.78, 5) is 20.5. The number of anilines is 1. The normalized spacial score (nSPS) is 23.6. The fourth-order valence-electron chi connectivity index (χ4n) is 3.36.